The quantitative estimate of drug-likeness (QED) is 0.899. The number of pyridine rings is 1. The number of halogens is 1. The van der Waals surface area contributed by atoms with Crippen molar-refractivity contribution in [1.82, 2.24) is 14.8 Å². The Morgan fingerprint density at radius 2 is 2.16 bits per heavy atom. The summed E-state index contributed by atoms with van der Waals surface area (Å²) >= 11 is 3.35. The summed E-state index contributed by atoms with van der Waals surface area (Å²) in [5.74, 6) is 0. The summed E-state index contributed by atoms with van der Waals surface area (Å²) in [5.41, 5.74) is 0.924. The number of rotatable bonds is 5. The number of aliphatic hydroxyl groups is 1. The molecule has 0 bridgehead atoms. The minimum Gasteiger partial charge on any atom is -0.395 e. The number of aromatic nitrogens is 1. The molecule has 1 aromatic heterocycles. The molecule has 0 atom stereocenters. The number of aliphatic hydroxyl groups excluding tert-OH is 1. The Morgan fingerprint density at radius 3 is 2.68 bits per heavy atom. The highest BCUT2D eigenvalue weighted by Gasteiger charge is 2.19. The lowest BCUT2D eigenvalue weighted by Crippen LogP contribution is -2.44. The van der Waals surface area contributed by atoms with E-state index in [1.165, 1.54) is 0 Å². The third-order valence-electron chi connectivity index (χ3n) is 2.85. The van der Waals surface area contributed by atoms with E-state index in [0.717, 1.165) is 10.0 Å². The van der Waals surface area contributed by atoms with Gasteiger partial charge in [-0.2, -0.15) is 0 Å². The molecule has 5 nitrogen and oxygen atoms in total. The SMILES string of the molecule is CC(C)N(C)C(=O)N(CCO)Cc1cncc(Br)c1. The van der Waals surface area contributed by atoms with Crippen LogP contribution in [0.25, 0.3) is 0 Å². The van der Waals surface area contributed by atoms with Crippen molar-refractivity contribution in [3.63, 3.8) is 0 Å². The van der Waals surface area contributed by atoms with Gasteiger partial charge in [0, 0.05) is 43.0 Å². The van der Waals surface area contributed by atoms with Gasteiger partial charge in [-0.05, 0) is 41.4 Å². The van der Waals surface area contributed by atoms with Gasteiger partial charge in [-0.25, -0.2) is 4.79 Å². The van der Waals surface area contributed by atoms with Crippen LogP contribution in [0, 0.1) is 0 Å². The van der Waals surface area contributed by atoms with E-state index in [4.69, 9.17) is 5.11 Å². The summed E-state index contributed by atoms with van der Waals surface area (Å²) in [7, 11) is 1.76. The zero-order valence-corrected chi connectivity index (χ0v) is 13.1. The average Bonchev–Trinajstić information content (AvgIpc) is 2.36. The molecular weight excluding hydrogens is 310 g/mol. The van der Waals surface area contributed by atoms with Crippen LogP contribution in [-0.2, 0) is 6.54 Å². The molecule has 1 heterocycles. The summed E-state index contributed by atoms with van der Waals surface area (Å²) < 4.78 is 0.874. The van der Waals surface area contributed by atoms with E-state index in [9.17, 15) is 4.79 Å². The molecule has 1 rings (SSSR count). The molecule has 1 N–H and O–H groups in total. The van der Waals surface area contributed by atoms with Gasteiger partial charge < -0.3 is 14.9 Å². The van der Waals surface area contributed by atoms with E-state index in [0.29, 0.717) is 13.1 Å². The van der Waals surface area contributed by atoms with E-state index < -0.39 is 0 Å². The lowest BCUT2D eigenvalue weighted by atomic mass is 10.2. The molecule has 1 aromatic rings. The molecule has 0 aliphatic rings. The zero-order valence-electron chi connectivity index (χ0n) is 11.5. The Morgan fingerprint density at radius 1 is 1.47 bits per heavy atom. The average molecular weight is 330 g/mol. The van der Waals surface area contributed by atoms with E-state index in [-0.39, 0.29) is 18.7 Å². The molecule has 0 aromatic carbocycles. The van der Waals surface area contributed by atoms with Crippen molar-refractivity contribution in [2.24, 2.45) is 0 Å². The molecule has 0 saturated heterocycles. The Balaban J connectivity index is 2.80. The Labute approximate surface area is 122 Å². The largest absolute Gasteiger partial charge is 0.395 e. The highest BCUT2D eigenvalue weighted by Crippen LogP contribution is 2.13. The summed E-state index contributed by atoms with van der Waals surface area (Å²) in [6, 6.07) is 1.94. The van der Waals surface area contributed by atoms with Crippen molar-refractivity contribution in [2.75, 3.05) is 20.2 Å². The van der Waals surface area contributed by atoms with Gasteiger partial charge in [0.1, 0.15) is 0 Å². The first-order valence-corrected chi connectivity index (χ1v) is 6.97. The van der Waals surface area contributed by atoms with E-state index >= 15 is 0 Å². The van der Waals surface area contributed by atoms with Gasteiger partial charge in [-0.15, -0.1) is 0 Å². The van der Waals surface area contributed by atoms with Crippen LogP contribution in [0.4, 0.5) is 4.79 Å². The van der Waals surface area contributed by atoms with Gasteiger partial charge >= 0.3 is 6.03 Å². The Bertz CT molecular complexity index is 426. The molecule has 2 amide bonds. The maximum atomic E-state index is 12.3. The fraction of sp³-hybridized carbons (Fsp3) is 0.538. The van der Waals surface area contributed by atoms with Crippen molar-refractivity contribution < 1.29 is 9.90 Å². The van der Waals surface area contributed by atoms with Crippen molar-refractivity contribution in [3.05, 3.63) is 28.5 Å². The first-order valence-electron chi connectivity index (χ1n) is 6.17. The van der Waals surface area contributed by atoms with Gasteiger partial charge in [0.15, 0.2) is 0 Å². The predicted molar refractivity (Wildman–Crippen MR) is 77.7 cm³/mol. The van der Waals surface area contributed by atoms with Crippen molar-refractivity contribution >= 4 is 22.0 Å². The first kappa shape index (κ1) is 15.9. The number of hydrogen-bond acceptors (Lipinski definition) is 3. The number of urea groups is 1. The van der Waals surface area contributed by atoms with Crippen LogP contribution in [0.15, 0.2) is 22.9 Å². The lowest BCUT2D eigenvalue weighted by Gasteiger charge is -2.30. The van der Waals surface area contributed by atoms with Crippen LogP contribution in [0.1, 0.15) is 19.4 Å². The molecule has 0 aliphatic heterocycles. The minimum absolute atomic E-state index is 0.0564. The molecule has 0 unspecified atom stereocenters. The molecule has 0 aliphatic carbocycles. The number of hydrogen-bond donors (Lipinski definition) is 1. The van der Waals surface area contributed by atoms with Crippen molar-refractivity contribution in [3.8, 4) is 0 Å². The maximum Gasteiger partial charge on any atom is 0.320 e. The molecule has 0 saturated carbocycles. The Hall–Kier alpha value is -1.14. The monoisotopic (exact) mass is 329 g/mol. The number of amides is 2. The molecular formula is C13H20BrN3O2. The maximum absolute atomic E-state index is 12.3. The summed E-state index contributed by atoms with van der Waals surface area (Å²) in [4.78, 5) is 19.6. The normalized spacial score (nSPS) is 10.6. The van der Waals surface area contributed by atoms with Crippen LogP contribution in [0.2, 0.25) is 0 Å². The minimum atomic E-state index is -0.0935. The molecule has 106 valence electrons. The Kier molecular flexibility index (Phi) is 6.24. The summed E-state index contributed by atoms with van der Waals surface area (Å²) in [6.45, 7) is 4.59. The molecule has 0 radical (unpaired) electrons. The summed E-state index contributed by atoms with van der Waals surface area (Å²) in [5, 5.41) is 9.10. The van der Waals surface area contributed by atoms with Crippen LogP contribution in [-0.4, -0.2) is 52.2 Å². The number of nitrogens with zero attached hydrogens (tertiary/aromatic N) is 3. The van der Waals surface area contributed by atoms with Crippen LogP contribution >= 0.6 is 15.9 Å². The molecule has 0 fully saturated rings. The molecule has 19 heavy (non-hydrogen) atoms. The zero-order chi connectivity index (χ0) is 14.4. The van der Waals surface area contributed by atoms with Crippen LogP contribution < -0.4 is 0 Å². The van der Waals surface area contributed by atoms with Crippen LogP contribution in [0.3, 0.4) is 0 Å². The van der Waals surface area contributed by atoms with Gasteiger partial charge in [0.05, 0.1) is 6.61 Å². The van der Waals surface area contributed by atoms with E-state index in [1.54, 1.807) is 29.2 Å². The first-order chi connectivity index (χ1) is 8.95. The fourth-order valence-electron chi connectivity index (χ4n) is 1.57. The van der Waals surface area contributed by atoms with Gasteiger partial charge in [-0.3, -0.25) is 4.98 Å². The van der Waals surface area contributed by atoms with Gasteiger partial charge in [-0.1, -0.05) is 0 Å². The third-order valence-corrected chi connectivity index (χ3v) is 3.29. The second-order valence-electron chi connectivity index (χ2n) is 4.64. The topological polar surface area (TPSA) is 56.7 Å². The summed E-state index contributed by atoms with van der Waals surface area (Å²) in [6.07, 6.45) is 3.42. The smallest absolute Gasteiger partial charge is 0.320 e. The predicted octanol–water partition coefficient (Wildman–Crippen LogP) is 2.10. The second kappa shape index (κ2) is 7.45. The second-order valence-corrected chi connectivity index (χ2v) is 5.56. The van der Waals surface area contributed by atoms with Crippen molar-refractivity contribution in [2.45, 2.75) is 26.4 Å². The van der Waals surface area contributed by atoms with Gasteiger partial charge in [0.25, 0.3) is 0 Å². The van der Waals surface area contributed by atoms with Gasteiger partial charge in [0.2, 0.25) is 0 Å². The van der Waals surface area contributed by atoms with E-state index in [1.807, 2.05) is 19.9 Å². The van der Waals surface area contributed by atoms with E-state index in [2.05, 4.69) is 20.9 Å². The van der Waals surface area contributed by atoms with Crippen LogP contribution in [0.5, 0.6) is 0 Å². The van der Waals surface area contributed by atoms with Crippen molar-refractivity contribution in [1.29, 1.82) is 0 Å². The molecule has 0 spiro atoms. The highest BCUT2D eigenvalue weighted by atomic mass is 79.9. The third kappa shape index (κ3) is 4.80. The number of carbonyl (C=O) groups excluding carboxylic acids is 1. The number of carbonyl (C=O) groups is 1. The highest BCUT2D eigenvalue weighted by molar-refractivity contribution is 9.10. The standard InChI is InChI=1S/C13H20BrN3O2/c1-10(2)16(3)13(19)17(4-5-18)9-11-6-12(14)8-15-7-11/h6-8,10,18H,4-5,9H2,1-3H3. The molecule has 6 heteroatoms. The lowest BCUT2D eigenvalue weighted by molar-refractivity contribution is 0.136. The fourth-order valence-corrected chi connectivity index (χ4v) is 1.98.